The van der Waals surface area contributed by atoms with Crippen LogP contribution in [0.1, 0.15) is 37.5 Å². The maximum atomic E-state index is 12.3. The third-order valence-corrected chi connectivity index (χ3v) is 4.03. The molecule has 1 aliphatic rings. The van der Waals surface area contributed by atoms with Gasteiger partial charge in [0, 0.05) is 18.7 Å². The van der Waals surface area contributed by atoms with Gasteiger partial charge in [-0.15, -0.1) is 12.6 Å². The first kappa shape index (κ1) is 18.7. The van der Waals surface area contributed by atoms with Crippen LogP contribution < -0.4 is 0 Å². The second-order valence-corrected chi connectivity index (χ2v) is 7.48. The van der Waals surface area contributed by atoms with Gasteiger partial charge in [0.1, 0.15) is 10.6 Å². The van der Waals surface area contributed by atoms with Crippen molar-refractivity contribution in [1.29, 1.82) is 5.41 Å². The molecule has 1 amide bonds. The van der Waals surface area contributed by atoms with Crippen LogP contribution in [0.4, 0.5) is 4.79 Å². The van der Waals surface area contributed by atoms with Crippen LogP contribution in [-0.4, -0.2) is 34.7 Å². The molecular weight excluding hydrogens is 344 g/mol. The standard InChI is InChI=1S/C18H21ClN2O2S/c1-18(2,3)23-17(22)21-10-8-12-4-6-15(19)14(5-7-16(20)24)13(12)9-11-21/h4,6H,8-11H2,1-3H3,(H2,20,24). The lowest BCUT2D eigenvalue weighted by Gasteiger charge is -2.26. The highest BCUT2D eigenvalue weighted by molar-refractivity contribution is 7.97. The first-order valence-electron chi connectivity index (χ1n) is 7.75. The largest absolute Gasteiger partial charge is 0.444 e. The number of thiol groups is 1. The van der Waals surface area contributed by atoms with Crippen molar-refractivity contribution >= 4 is 35.4 Å². The van der Waals surface area contributed by atoms with Gasteiger partial charge in [-0.3, -0.25) is 5.41 Å². The topological polar surface area (TPSA) is 53.4 Å². The van der Waals surface area contributed by atoms with Gasteiger partial charge < -0.3 is 9.64 Å². The summed E-state index contributed by atoms with van der Waals surface area (Å²) in [5, 5.41) is 7.90. The van der Waals surface area contributed by atoms with E-state index in [-0.39, 0.29) is 11.1 Å². The highest BCUT2D eigenvalue weighted by Crippen LogP contribution is 2.26. The van der Waals surface area contributed by atoms with E-state index >= 15 is 0 Å². The molecule has 0 fully saturated rings. The van der Waals surface area contributed by atoms with E-state index in [0.717, 1.165) is 23.1 Å². The zero-order valence-electron chi connectivity index (χ0n) is 14.1. The van der Waals surface area contributed by atoms with Crippen LogP contribution in [-0.2, 0) is 17.6 Å². The molecule has 1 aromatic rings. The molecule has 0 unspecified atom stereocenters. The Hall–Kier alpha value is -1.64. The van der Waals surface area contributed by atoms with Crippen molar-refractivity contribution in [3.05, 3.63) is 33.8 Å². The van der Waals surface area contributed by atoms with E-state index in [4.69, 9.17) is 21.7 Å². The number of rotatable bonds is 0. The highest BCUT2D eigenvalue weighted by Gasteiger charge is 2.25. The summed E-state index contributed by atoms with van der Waals surface area (Å²) in [7, 11) is 0. The molecule has 0 atom stereocenters. The Morgan fingerprint density at radius 3 is 2.62 bits per heavy atom. The number of carbonyl (C=O) groups is 1. The third-order valence-electron chi connectivity index (χ3n) is 3.60. The minimum absolute atomic E-state index is 0.00678. The summed E-state index contributed by atoms with van der Waals surface area (Å²) in [4.78, 5) is 14.0. The fourth-order valence-corrected chi connectivity index (χ4v) is 2.84. The Balaban J connectivity index is 2.25. The minimum Gasteiger partial charge on any atom is -0.444 e. The van der Waals surface area contributed by atoms with Crippen molar-refractivity contribution in [2.45, 2.75) is 39.2 Å². The summed E-state index contributed by atoms with van der Waals surface area (Å²) >= 11 is 10.2. The van der Waals surface area contributed by atoms with E-state index in [1.165, 1.54) is 0 Å². The second-order valence-electron chi connectivity index (χ2n) is 6.63. The van der Waals surface area contributed by atoms with Crippen LogP contribution in [0, 0.1) is 17.3 Å². The van der Waals surface area contributed by atoms with Gasteiger partial charge in [-0.05, 0) is 56.7 Å². The molecule has 0 aliphatic carbocycles. The summed E-state index contributed by atoms with van der Waals surface area (Å²) < 4.78 is 5.46. The quantitative estimate of drug-likeness (QED) is 0.317. The van der Waals surface area contributed by atoms with Crippen molar-refractivity contribution in [2.75, 3.05) is 13.1 Å². The Morgan fingerprint density at radius 2 is 2.00 bits per heavy atom. The fraction of sp³-hybridized carbons (Fsp3) is 0.444. The molecule has 128 valence electrons. The maximum absolute atomic E-state index is 12.3. The minimum atomic E-state index is -0.511. The number of ether oxygens (including phenoxy) is 1. The van der Waals surface area contributed by atoms with Crippen molar-refractivity contribution in [3.8, 4) is 11.8 Å². The number of hydrogen-bond donors (Lipinski definition) is 2. The van der Waals surface area contributed by atoms with E-state index < -0.39 is 5.60 Å². The summed E-state index contributed by atoms with van der Waals surface area (Å²) in [6.07, 6.45) is 1.07. The zero-order chi connectivity index (χ0) is 17.9. The molecule has 4 nitrogen and oxygen atoms in total. The van der Waals surface area contributed by atoms with Crippen LogP contribution in [0.2, 0.25) is 5.02 Å². The average molecular weight is 365 g/mol. The second kappa shape index (κ2) is 7.50. The van der Waals surface area contributed by atoms with Crippen molar-refractivity contribution in [2.24, 2.45) is 0 Å². The molecule has 0 saturated carbocycles. The van der Waals surface area contributed by atoms with Gasteiger partial charge in [0.25, 0.3) is 0 Å². The maximum Gasteiger partial charge on any atom is 0.410 e. The third kappa shape index (κ3) is 4.93. The molecule has 0 aromatic heterocycles. The summed E-state index contributed by atoms with van der Waals surface area (Å²) in [5.74, 6) is 5.58. The molecule has 1 aliphatic heterocycles. The molecule has 1 N–H and O–H groups in total. The summed E-state index contributed by atoms with van der Waals surface area (Å²) in [5.41, 5.74) is 2.37. The van der Waals surface area contributed by atoms with E-state index in [9.17, 15) is 4.79 Å². The molecule has 1 heterocycles. The number of hydrogen-bond acceptors (Lipinski definition) is 3. The van der Waals surface area contributed by atoms with Crippen molar-refractivity contribution in [1.82, 2.24) is 4.90 Å². The molecule has 6 heteroatoms. The molecule has 1 aromatic carbocycles. The summed E-state index contributed by atoms with van der Waals surface area (Å²) in [6.45, 7) is 6.72. The lowest BCUT2D eigenvalue weighted by atomic mass is 9.97. The number of nitrogens with zero attached hydrogens (tertiary/aromatic N) is 1. The van der Waals surface area contributed by atoms with Crippen molar-refractivity contribution < 1.29 is 9.53 Å². The van der Waals surface area contributed by atoms with E-state index in [1.807, 2.05) is 32.9 Å². The van der Waals surface area contributed by atoms with Crippen LogP contribution in [0.15, 0.2) is 12.1 Å². The Morgan fingerprint density at radius 1 is 1.33 bits per heavy atom. The lowest BCUT2D eigenvalue weighted by molar-refractivity contribution is 0.0258. The SMILES string of the molecule is CC(C)(C)OC(=O)N1CCc2ccc(Cl)c(C#CC(=N)S)c2CC1. The van der Waals surface area contributed by atoms with Gasteiger partial charge in [-0.1, -0.05) is 23.6 Å². The molecule has 24 heavy (non-hydrogen) atoms. The number of halogens is 1. The normalized spacial score (nSPS) is 14.1. The molecule has 2 rings (SSSR count). The molecule has 0 bridgehead atoms. The predicted molar refractivity (Wildman–Crippen MR) is 100 cm³/mol. The highest BCUT2D eigenvalue weighted by atomic mass is 35.5. The monoisotopic (exact) mass is 364 g/mol. The first-order valence-corrected chi connectivity index (χ1v) is 8.57. The lowest BCUT2D eigenvalue weighted by Crippen LogP contribution is -2.38. The van der Waals surface area contributed by atoms with Gasteiger partial charge >= 0.3 is 6.09 Å². The number of amides is 1. The van der Waals surface area contributed by atoms with Gasteiger partial charge in [0.05, 0.1) is 5.02 Å². The predicted octanol–water partition coefficient (Wildman–Crippen LogP) is 3.93. The van der Waals surface area contributed by atoms with E-state index in [2.05, 4.69) is 24.5 Å². The fourth-order valence-electron chi connectivity index (χ4n) is 2.56. The Kier molecular flexibility index (Phi) is 5.84. The molecule has 0 radical (unpaired) electrons. The van der Waals surface area contributed by atoms with E-state index in [0.29, 0.717) is 24.5 Å². The smallest absolute Gasteiger partial charge is 0.410 e. The molecule has 0 saturated heterocycles. The number of fused-ring (bicyclic) bond motifs is 1. The Labute approximate surface area is 153 Å². The van der Waals surface area contributed by atoms with Gasteiger partial charge in [-0.25, -0.2) is 4.79 Å². The van der Waals surface area contributed by atoms with Gasteiger partial charge in [-0.2, -0.15) is 0 Å². The van der Waals surface area contributed by atoms with Crippen LogP contribution in [0.3, 0.4) is 0 Å². The van der Waals surface area contributed by atoms with Gasteiger partial charge in [0.2, 0.25) is 0 Å². The van der Waals surface area contributed by atoms with Crippen LogP contribution in [0.25, 0.3) is 0 Å². The van der Waals surface area contributed by atoms with Gasteiger partial charge in [0.15, 0.2) is 0 Å². The van der Waals surface area contributed by atoms with Crippen LogP contribution in [0.5, 0.6) is 0 Å². The Bertz CT molecular complexity index is 729. The first-order chi connectivity index (χ1) is 11.2. The molecule has 0 spiro atoms. The van der Waals surface area contributed by atoms with Crippen LogP contribution >= 0.6 is 24.2 Å². The summed E-state index contributed by atoms with van der Waals surface area (Å²) in [6, 6.07) is 3.79. The zero-order valence-corrected chi connectivity index (χ0v) is 15.7. The van der Waals surface area contributed by atoms with Crippen molar-refractivity contribution in [3.63, 3.8) is 0 Å². The number of nitrogens with one attached hydrogen (secondary N) is 1. The number of carbonyl (C=O) groups excluding carboxylic acids is 1. The van der Waals surface area contributed by atoms with E-state index in [1.54, 1.807) is 4.90 Å². The number of benzene rings is 1. The average Bonchev–Trinajstić information content (AvgIpc) is 2.67. The molecular formula is C18H21ClN2O2S.